The van der Waals surface area contributed by atoms with Gasteiger partial charge in [-0.05, 0) is 24.5 Å². The van der Waals surface area contributed by atoms with Gasteiger partial charge in [-0.3, -0.25) is 0 Å². The van der Waals surface area contributed by atoms with E-state index in [1.54, 1.807) is 13.2 Å². The van der Waals surface area contributed by atoms with Crippen LogP contribution >= 0.6 is 0 Å². The summed E-state index contributed by atoms with van der Waals surface area (Å²) >= 11 is 0. The molecule has 6 heteroatoms. The summed E-state index contributed by atoms with van der Waals surface area (Å²) in [5.41, 5.74) is 0.765. The van der Waals surface area contributed by atoms with Crippen LogP contribution in [0.25, 0.3) is 0 Å². The van der Waals surface area contributed by atoms with Crippen molar-refractivity contribution in [2.75, 3.05) is 27.3 Å². The van der Waals surface area contributed by atoms with E-state index in [-0.39, 0.29) is 4.90 Å². The van der Waals surface area contributed by atoms with E-state index in [9.17, 15) is 8.42 Å². The molecule has 132 valence electrons. The number of hydrogen-bond acceptors (Lipinski definition) is 4. The molecule has 0 aliphatic heterocycles. The van der Waals surface area contributed by atoms with Gasteiger partial charge >= 0.3 is 0 Å². The Bertz CT molecular complexity index is 595. The smallest absolute Gasteiger partial charge is 0.247 e. The number of hydrogen-bond donors (Lipinski definition) is 0. The fraction of sp³-hybridized carbons (Fsp3) is 0.647. The Morgan fingerprint density at radius 2 is 1.65 bits per heavy atom. The van der Waals surface area contributed by atoms with Crippen LogP contribution in [-0.4, -0.2) is 40.0 Å². The molecule has 0 radical (unpaired) electrons. The minimum atomic E-state index is -3.58. The predicted molar refractivity (Wildman–Crippen MR) is 92.9 cm³/mol. The van der Waals surface area contributed by atoms with Gasteiger partial charge in [0.15, 0.2) is 0 Å². The fourth-order valence-electron chi connectivity index (χ4n) is 2.64. The van der Waals surface area contributed by atoms with Crippen molar-refractivity contribution in [3.05, 3.63) is 17.7 Å². The Labute approximate surface area is 140 Å². The number of aryl methyl sites for hydroxylation is 1. The van der Waals surface area contributed by atoms with Crippen LogP contribution in [0.4, 0.5) is 0 Å². The van der Waals surface area contributed by atoms with Gasteiger partial charge < -0.3 is 9.47 Å². The van der Waals surface area contributed by atoms with E-state index in [4.69, 9.17) is 9.47 Å². The lowest BCUT2D eigenvalue weighted by molar-refractivity contribution is 0.380. The molecule has 1 rings (SSSR count). The summed E-state index contributed by atoms with van der Waals surface area (Å²) in [6.45, 7) is 6.67. The number of unbranched alkanes of at least 4 members (excludes halogenated alkanes) is 2. The van der Waals surface area contributed by atoms with Crippen LogP contribution in [0.3, 0.4) is 0 Å². The SMILES string of the molecule is CCCCCc1cc(OC)cc(OC)c1S(=O)(=O)N(CC)CC. The lowest BCUT2D eigenvalue weighted by Crippen LogP contribution is -2.31. The molecule has 0 saturated carbocycles. The van der Waals surface area contributed by atoms with Gasteiger partial charge in [0.2, 0.25) is 10.0 Å². The minimum Gasteiger partial charge on any atom is -0.497 e. The lowest BCUT2D eigenvalue weighted by atomic mass is 10.1. The van der Waals surface area contributed by atoms with Crippen LogP contribution < -0.4 is 9.47 Å². The molecule has 0 atom stereocenters. The molecule has 1 aromatic rings. The third kappa shape index (κ3) is 4.61. The number of benzene rings is 1. The van der Waals surface area contributed by atoms with Gasteiger partial charge in [0.05, 0.1) is 14.2 Å². The molecule has 0 spiro atoms. The highest BCUT2D eigenvalue weighted by molar-refractivity contribution is 7.89. The van der Waals surface area contributed by atoms with Crippen molar-refractivity contribution in [3.8, 4) is 11.5 Å². The van der Waals surface area contributed by atoms with Gasteiger partial charge in [0, 0.05) is 19.2 Å². The summed E-state index contributed by atoms with van der Waals surface area (Å²) in [4.78, 5) is 0.278. The number of sulfonamides is 1. The second-order valence-electron chi connectivity index (χ2n) is 5.36. The van der Waals surface area contributed by atoms with Crippen LogP contribution in [0.5, 0.6) is 11.5 Å². The molecule has 0 aromatic heterocycles. The van der Waals surface area contributed by atoms with Gasteiger partial charge in [0.1, 0.15) is 16.4 Å². The van der Waals surface area contributed by atoms with Crippen molar-refractivity contribution < 1.29 is 17.9 Å². The molecule has 0 aliphatic carbocycles. The normalized spacial score (nSPS) is 11.7. The molecular formula is C17H29NO4S. The molecule has 23 heavy (non-hydrogen) atoms. The van der Waals surface area contributed by atoms with Crippen molar-refractivity contribution in [1.29, 1.82) is 0 Å². The van der Waals surface area contributed by atoms with E-state index in [0.717, 1.165) is 24.8 Å². The third-order valence-corrected chi connectivity index (χ3v) is 6.09. The van der Waals surface area contributed by atoms with E-state index >= 15 is 0 Å². The van der Waals surface area contributed by atoms with Crippen molar-refractivity contribution in [3.63, 3.8) is 0 Å². The molecule has 0 aliphatic rings. The van der Waals surface area contributed by atoms with Crippen LogP contribution in [0.2, 0.25) is 0 Å². The standard InChI is InChI=1S/C17H29NO4S/c1-6-9-10-11-14-12-15(21-4)13-16(22-5)17(14)23(19,20)18(7-2)8-3/h12-13H,6-11H2,1-5H3. The zero-order chi connectivity index (χ0) is 17.5. The Balaban J connectivity index is 3.47. The van der Waals surface area contributed by atoms with Gasteiger partial charge in [-0.2, -0.15) is 4.31 Å². The maximum Gasteiger partial charge on any atom is 0.247 e. The summed E-state index contributed by atoms with van der Waals surface area (Å²) < 4.78 is 38.2. The highest BCUT2D eigenvalue weighted by atomic mass is 32.2. The Morgan fingerprint density at radius 3 is 2.13 bits per heavy atom. The molecule has 0 heterocycles. The van der Waals surface area contributed by atoms with Gasteiger partial charge in [-0.15, -0.1) is 0 Å². The van der Waals surface area contributed by atoms with Crippen molar-refractivity contribution in [1.82, 2.24) is 4.31 Å². The Kier molecular flexibility index (Phi) is 7.85. The first-order chi connectivity index (χ1) is 11.0. The number of rotatable bonds is 10. The maximum atomic E-state index is 13.0. The number of methoxy groups -OCH3 is 2. The molecule has 0 amide bonds. The summed E-state index contributed by atoms with van der Waals surface area (Å²) in [6.07, 6.45) is 3.77. The van der Waals surface area contributed by atoms with E-state index < -0.39 is 10.0 Å². The highest BCUT2D eigenvalue weighted by Gasteiger charge is 2.29. The summed E-state index contributed by atoms with van der Waals surface area (Å²) in [5.74, 6) is 0.967. The molecule has 5 nitrogen and oxygen atoms in total. The molecular weight excluding hydrogens is 314 g/mol. The quantitative estimate of drug-likeness (QED) is 0.611. The highest BCUT2D eigenvalue weighted by Crippen LogP contribution is 2.35. The predicted octanol–water partition coefficient (Wildman–Crippen LogP) is 3.47. The second-order valence-corrected chi connectivity index (χ2v) is 7.24. The first-order valence-electron chi connectivity index (χ1n) is 8.21. The molecule has 0 N–H and O–H groups in total. The van der Waals surface area contributed by atoms with Gasteiger partial charge in [-0.25, -0.2) is 8.42 Å². The molecule has 1 aromatic carbocycles. The topological polar surface area (TPSA) is 55.8 Å². The average Bonchev–Trinajstić information content (AvgIpc) is 2.54. The van der Waals surface area contributed by atoms with Crippen LogP contribution in [-0.2, 0) is 16.4 Å². The number of ether oxygens (including phenoxy) is 2. The molecule has 0 fully saturated rings. The molecule has 0 bridgehead atoms. The third-order valence-electron chi connectivity index (χ3n) is 3.91. The Hall–Kier alpha value is -1.27. The van der Waals surface area contributed by atoms with Gasteiger partial charge in [-0.1, -0.05) is 33.6 Å². The van der Waals surface area contributed by atoms with Crippen molar-refractivity contribution in [2.45, 2.75) is 51.3 Å². The fourth-order valence-corrected chi connectivity index (χ4v) is 4.46. The van der Waals surface area contributed by atoms with E-state index in [2.05, 4.69) is 6.92 Å². The first kappa shape index (κ1) is 19.8. The van der Waals surface area contributed by atoms with E-state index in [1.165, 1.54) is 11.4 Å². The summed E-state index contributed by atoms with van der Waals surface area (Å²) in [7, 11) is -0.519. The van der Waals surface area contributed by atoms with Crippen LogP contribution in [0.15, 0.2) is 17.0 Å². The van der Waals surface area contributed by atoms with Crippen LogP contribution in [0, 0.1) is 0 Å². The van der Waals surface area contributed by atoms with Crippen LogP contribution in [0.1, 0.15) is 45.6 Å². The summed E-state index contributed by atoms with van der Waals surface area (Å²) in [6, 6.07) is 3.45. The first-order valence-corrected chi connectivity index (χ1v) is 9.65. The summed E-state index contributed by atoms with van der Waals surface area (Å²) in [5, 5.41) is 0. The monoisotopic (exact) mass is 343 g/mol. The maximum absolute atomic E-state index is 13.0. The largest absolute Gasteiger partial charge is 0.497 e. The lowest BCUT2D eigenvalue weighted by Gasteiger charge is -2.23. The van der Waals surface area contributed by atoms with Crippen molar-refractivity contribution >= 4 is 10.0 Å². The van der Waals surface area contributed by atoms with E-state index in [0.29, 0.717) is 31.0 Å². The van der Waals surface area contributed by atoms with Gasteiger partial charge in [0.25, 0.3) is 0 Å². The Morgan fingerprint density at radius 1 is 1.00 bits per heavy atom. The minimum absolute atomic E-state index is 0.278. The zero-order valence-electron chi connectivity index (χ0n) is 14.9. The second kappa shape index (κ2) is 9.13. The number of nitrogens with zero attached hydrogens (tertiary/aromatic N) is 1. The molecule has 0 unspecified atom stereocenters. The zero-order valence-corrected chi connectivity index (χ0v) is 15.7. The van der Waals surface area contributed by atoms with E-state index in [1.807, 2.05) is 19.9 Å². The molecule has 0 saturated heterocycles. The van der Waals surface area contributed by atoms with Crippen molar-refractivity contribution in [2.24, 2.45) is 0 Å². The average molecular weight is 343 g/mol.